The number of benzene rings is 2. The van der Waals surface area contributed by atoms with Crippen LogP contribution < -0.4 is 10.1 Å². The topological polar surface area (TPSA) is 58.6 Å². The Bertz CT molecular complexity index is 843. The smallest absolute Gasteiger partial charge is 0.261 e. The molecule has 0 aliphatic heterocycles. The molecule has 2 aromatic rings. The Labute approximate surface area is 182 Å². The molecule has 0 heterocycles. The number of nitrogens with one attached hydrogen (secondary N) is 1. The van der Waals surface area contributed by atoms with Crippen LogP contribution in [-0.4, -0.2) is 35.9 Å². The van der Waals surface area contributed by atoms with E-state index in [1.165, 1.54) is 17.0 Å². The third kappa shape index (κ3) is 7.02. The Morgan fingerprint density at radius 1 is 1.13 bits per heavy atom. The van der Waals surface area contributed by atoms with Crippen molar-refractivity contribution in [2.75, 3.05) is 13.2 Å². The van der Waals surface area contributed by atoms with Gasteiger partial charge in [0.15, 0.2) is 18.2 Å². The molecule has 1 N–H and O–H groups in total. The fourth-order valence-corrected chi connectivity index (χ4v) is 3.04. The van der Waals surface area contributed by atoms with Gasteiger partial charge in [-0.1, -0.05) is 56.6 Å². The second-order valence-electron chi connectivity index (χ2n) is 7.43. The van der Waals surface area contributed by atoms with Crippen molar-refractivity contribution in [3.63, 3.8) is 0 Å². The maximum atomic E-state index is 13.8. The first kappa shape index (κ1) is 23.7. The lowest BCUT2D eigenvalue weighted by Gasteiger charge is -2.30. The van der Waals surface area contributed by atoms with Crippen molar-refractivity contribution in [1.29, 1.82) is 0 Å². The first-order valence-electron chi connectivity index (χ1n) is 10.0. The van der Waals surface area contributed by atoms with Gasteiger partial charge >= 0.3 is 0 Å². The molecule has 0 radical (unpaired) electrons. The molecule has 1 atom stereocenters. The number of para-hydroxylation sites is 1. The van der Waals surface area contributed by atoms with E-state index in [1.807, 2.05) is 20.8 Å². The maximum absolute atomic E-state index is 13.8. The Hall–Kier alpha value is -2.60. The summed E-state index contributed by atoms with van der Waals surface area (Å²) >= 11 is 5.95. The molecule has 0 saturated heterocycles. The van der Waals surface area contributed by atoms with E-state index in [0.717, 1.165) is 5.56 Å². The number of carbonyl (C=O) groups excluding carboxylic acids is 2. The summed E-state index contributed by atoms with van der Waals surface area (Å²) in [5.41, 5.74) is 0.828. The third-order valence-corrected chi connectivity index (χ3v) is 4.78. The summed E-state index contributed by atoms with van der Waals surface area (Å²) in [4.78, 5) is 27.3. The number of halogens is 2. The number of hydrogen-bond donors (Lipinski definition) is 1. The number of hydrogen-bond acceptors (Lipinski definition) is 3. The average molecular weight is 435 g/mol. The first-order valence-corrected chi connectivity index (χ1v) is 10.4. The molecule has 0 unspecified atom stereocenters. The number of nitrogens with zero attached hydrogens (tertiary/aromatic N) is 1. The van der Waals surface area contributed by atoms with Gasteiger partial charge in [0.2, 0.25) is 5.91 Å². The van der Waals surface area contributed by atoms with Crippen LogP contribution in [0.1, 0.15) is 32.8 Å². The molecule has 0 aliphatic carbocycles. The van der Waals surface area contributed by atoms with E-state index in [1.54, 1.807) is 36.4 Å². The van der Waals surface area contributed by atoms with Crippen LogP contribution in [0.3, 0.4) is 0 Å². The maximum Gasteiger partial charge on any atom is 0.261 e. The van der Waals surface area contributed by atoms with E-state index in [0.29, 0.717) is 18.0 Å². The first-order chi connectivity index (χ1) is 14.3. The van der Waals surface area contributed by atoms with Gasteiger partial charge in [0.25, 0.3) is 5.91 Å². The quantitative estimate of drug-likeness (QED) is 0.601. The van der Waals surface area contributed by atoms with Crippen molar-refractivity contribution in [3.8, 4) is 5.75 Å². The average Bonchev–Trinajstić information content (AvgIpc) is 2.72. The number of rotatable bonds is 10. The zero-order valence-corrected chi connectivity index (χ0v) is 18.3. The number of amides is 2. The Kier molecular flexibility index (Phi) is 9.12. The predicted molar refractivity (Wildman–Crippen MR) is 116 cm³/mol. The van der Waals surface area contributed by atoms with Crippen molar-refractivity contribution < 1.29 is 18.7 Å². The summed E-state index contributed by atoms with van der Waals surface area (Å²) in [5, 5.41) is 3.48. The summed E-state index contributed by atoms with van der Waals surface area (Å²) < 4.78 is 19.2. The van der Waals surface area contributed by atoms with Crippen LogP contribution in [0.5, 0.6) is 5.75 Å². The van der Waals surface area contributed by atoms with Crippen LogP contribution in [0.4, 0.5) is 4.39 Å². The molecule has 0 spiro atoms. The van der Waals surface area contributed by atoms with Crippen molar-refractivity contribution >= 4 is 23.4 Å². The monoisotopic (exact) mass is 434 g/mol. The molecule has 2 rings (SSSR count). The molecule has 162 valence electrons. The lowest BCUT2D eigenvalue weighted by atomic mass is 10.1. The number of carbonyl (C=O) groups is 2. The lowest BCUT2D eigenvalue weighted by molar-refractivity contribution is -0.143. The molecule has 0 aromatic heterocycles. The van der Waals surface area contributed by atoms with Crippen molar-refractivity contribution in [2.24, 2.45) is 5.92 Å². The summed E-state index contributed by atoms with van der Waals surface area (Å²) in [7, 11) is 0. The normalized spacial score (nSPS) is 11.8. The second kappa shape index (κ2) is 11.6. The zero-order valence-electron chi connectivity index (χ0n) is 17.5. The Morgan fingerprint density at radius 3 is 2.40 bits per heavy atom. The van der Waals surface area contributed by atoms with Gasteiger partial charge < -0.3 is 15.0 Å². The van der Waals surface area contributed by atoms with E-state index in [9.17, 15) is 14.0 Å². The Morgan fingerprint density at radius 2 is 1.80 bits per heavy atom. The van der Waals surface area contributed by atoms with Crippen LogP contribution in [0.2, 0.25) is 5.02 Å². The van der Waals surface area contributed by atoms with Crippen LogP contribution in [-0.2, 0) is 16.1 Å². The molecule has 0 saturated carbocycles. The highest BCUT2D eigenvalue weighted by Crippen LogP contribution is 2.18. The summed E-state index contributed by atoms with van der Waals surface area (Å²) in [6.45, 7) is 6.20. The summed E-state index contributed by atoms with van der Waals surface area (Å²) in [6, 6.07) is 12.3. The van der Waals surface area contributed by atoms with Crippen LogP contribution in [0.25, 0.3) is 0 Å². The fourth-order valence-electron chi connectivity index (χ4n) is 2.91. The molecular weight excluding hydrogens is 407 g/mol. The highest BCUT2D eigenvalue weighted by Gasteiger charge is 2.29. The van der Waals surface area contributed by atoms with Crippen molar-refractivity contribution in [1.82, 2.24) is 10.2 Å². The van der Waals surface area contributed by atoms with Gasteiger partial charge in [0.05, 0.1) is 0 Å². The molecule has 7 heteroatoms. The van der Waals surface area contributed by atoms with Gasteiger partial charge in [-0.25, -0.2) is 4.39 Å². The Balaban J connectivity index is 2.19. The summed E-state index contributed by atoms with van der Waals surface area (Å²) in [6.07, 6.45) is 0.433. The molecular formula is C23H28ClFN2O3. The molecule has 0 aliphatic rings. The van der Waals surface area contributed by atoms with Gasteiger partial charge in [0.1, 0.15) is 6.04 Å². The minimum Gasteiger partial charge on any atom is -0.481 e. The molecule has 2 amide bonds. The van der Waals surface area contributed by atoms with E-state index in [4.69, 9.17) is 16.3 Å². The minimum absolute atomic E-state index is 0.00500. The highest BCUT2D eigenvalue weighted by atomic mass is 35.5. The molecule has 2 aromatic carbocycles. The van der Waals surface area contributed by atoms with Gasteiger partial charge in [-0.3, -0.25) is 9.59 Å². The van der Waals surface area contributed by atoms with E-state index >= 15 is 0 Å². The van der Waals surface area contributed by atoms with Crippen LogP contribution in [0.15, 0.2) is 48.5 Å². The second-order valence-corrected chi connectivity index (χ2v) is 7.87. The van der Waals surface area contributed by atoms with E-state index in [2.05, 4.69) is 5.32 Å². The zero-order chi connectivity index (χ0) is 22.1. The SMILES string of the molecule is CC[C@@H](C(=O)NCC(C)C)N(Cc1ccc(Cl)cc1)C(=O)COc1ccccc1F. The van der Waals surface area contributed by atoms with E-state index in [-0.39, 0.29) is 30.7 Å². The number of ether oxygens (including phenoxy) is 1. The van der Waals surface area contributed by atoms with E-state index < -0.39 is 17.8 Å². The van der Waals surface area contributed by atoms with Crippen molar-refractivity contribution in [2.45, 2.75) is 39.8 Å². The summed E-state index contributed by atoms with van der Waals surface area (Å²) in [5.74, 6) is -0.888. The largest absolute Gasteiger partial charge is 0.481 e. The van der Waals surface area contributed by atoms with Crippen LogP contribution in [0, 0.1) is 11.7 Å². The molecule has 0 bridgehead atoms. The van der Waals surface area contributed by atoms with Crippen LogP contribution >= 0.6 is 11.6 Å². The van der Waals surface area contributed by atoms with Gasteiger partial charge in [-0.2, -0.15) is 0 Å². The van der Waals surface area contributed by atoms with Gasteiger partial charge in [-0.15, -0.1) is 0 Å². The standard InChI is InChI=1S/C23H28ClFN2O3/c1-4-20(23(29)26-13-16(2)3)27(14-17-9-11-18(24)12-10-17)22(28)15-30-21-8-6-5-7-19(21)25/h5-12,16,20H,4,13-15H2,1-3H3,(H,26,29)/t20-/m0/s1. The predicted octanol–water partition coefficient (Wildman–Crippen LogP) is 4.44. The molecule has 5 nitrogen and oxygen atoms in total. The fraction of sp³-hybridized carbons (Fsp3) is 0.391. The van der Waals surface area contributed by atoms with Gasteiger partial charge in [0, 0.05) is 18.1 Å². The molecule has 0 fully saturated rings. The van der Waals surface area contributed by atoms with Gasteiger partial charge in [-0.05, 0) is 42.2 Å². The highest BCUT2D eigenvalue weighted by molar-refractivity contribution is 6.30. The minimum atomic E-state index is -0.670. The molecule has 30 heavy (non-hydrogen) atoms. The van der Waals surface area contributed by atoms with Crippen molar-refractivity contribution in [3.05, 3.63) is 64.9 Å². The third-order valence-electron chi connectivity index (χ3n) is 4.52. The lowest BCUT2D eigenvalue weighted by Crippen LogP contribution is -2.50.